The molecule has 4 saturated heterocycles. The van der Waals surface area contributed by atoms with Crippen molar-refractivity contribution in [1.82, 2.24) is 29.4 Å². The van der Waals surface area contributed by atoms with E-state index in [1.165, 1.54) is 6.20 Å². The molecule has 5 aliphatic rings. The minimum absolute atomic E-state index is 0.00265. The monoisotopic (exact) mass is 937 g/mol. The SMILES string of the molecule is C[C@@H]1CN(CC2CCN(c3ccc4c(c3)CN(C3CCC(=O)NC3=O)C4=O)CC2)CCN1c1ccc(-c2cnc3[nH]cc(C(=O)c4c(F)ccc(NS(=O)(=O)N5CC[C@@H](F)C5)c4F)c3c2)cc1. The van der Waals surface area contributed by atoms with E-state index in [1.54, 1.807) is 17.2 Å². The number of imide groups is 1. The second-order valence-corrected chi connectivity index (χ2v) is 20.0. The van der Waals surface area contributed by atoms with Gasteiger partial charge < -0.3 is 19.7 Å². The van der Waals surface area contributed by atoms with Crippen molar-refractivity contribution in [3.05, 3.63) is 107 Å². The van der Waals surface area contributed by atoms with E-state index in [-0.39, 0.29) is 49.4 Å². The summed E-state index contributed by atoms with van der Waals surface area (Å²) < 4.78 is 73.2. The molecule has 4 fully saturated rings. The van der Waals surface area contributed by atoms with Gasteiger partial charge in [0, 0.05) is 117 Å². The lowest BCUT2D eigenvalue weighted by atomic mass is 9.94. The van der Waals surface area contributed by atoms with E-state index < -0.39 is 57.0 Å². The number of alkyl halides is 1. The Balaban J connectivity index is 0.742. The summed E-state index contributed by atoms with van der Waals surface area (Å²) >= 11 is 0. The van der Waals surface area contributed by atoms with Crippen LogP contribution in [-0.4, -0.2) is 127 Å². The molecule has 19 heteroatoms. The zero-order valence-corrected chi connectivity index (χ0v) is 37.6. The number of benzene rings is 3. The lowest BCUT2D eigenvalue weighted by molar-refractivity contribution is -0.136. The molecule has 5 aliphatic heterocycles. The van der Waals surface area contributed by atoms with Crippen molar-refractivity contribution in [3.8, 4) is 11.1 Å². The van der Waals surface area contributed by atoms with Crippen LogP contribution in [0.4, 0.5) is 30.2 Å². The molecule has 3 amide bonds. The van der Waals surface area contributed by atoms with Gasteiger partial charge in [-0.25, -0.2) is 18.2 Å². The first-order valence-electron chi connectivity index (χ1n) is 22.7. The molecule has 0 radical (unpaired) electrons. The van der Waals surface area contributed by atoms with Gasteiger partial charge in [0.2, 0.25) is 17.6 Å². The second kappa shape index (κ2) is 17.7. The number of amides is 3. The first-order chi connectivity index (χ1) is 32.2. The number of nitrogens with one attached hydrogen (secondary N) is 3. The Kier molecular flexibility index (Phi) is 11.8. The predicted octanol–water partition coefficient (Wildman–Crippen LogP) is 5.63. The zero-order chi connectivity index (χ0) is 46.7. The number of piperazine rings is 1. The standard InChI is InChI=1S/C48H50F3N9O6S/c1-28-24-56(25-29-12-15-57(16-13-29)35-6-7-36-32(20-35)26-60(48(36)64)41-10-11-42(61)54-47(41)63)18-19-59(28)34-4-2-30(3-5-34)31-21-37-38(23-53-46(37)52-22-31)45(62)43-39(50)8-9-40(44(43)51)55-67(65,66)58-17-14-33(49)27-58/h2-9,20-23,28-29,33,41,55H,10-19,24-27H2,1H3,(H,52,53)(H,54,61,63)/t28-,33-,41?/m1/s1. The summed E-state index contributed by atoms with van der Waals surface area (Å²) in [7, 11) is -4.36. The van der Waals surface area contributed by atoms with E-state index in [0.29, 0.717) is 41.0 Å². The van der Waals surface area contributed by atoms with E-state index >= 15 is 8.78 Å². The Morgan fingerprint density at radius 3 is 2.37 bits per heavy atom. The first-order valence-corrected chi connectivity index (χ1v) is 24.2. The summed E-state index contributed by atoms with van der Waals surface area (Å²) in [5.74, 6) is -3.86. The highest BCUT2D eigenvalue weighted by atomic mass is 32.2. The fourth-order valence-corrected chi connectivity index (χ4v) is 11.6. The van der Waals surface area contributed by atoms with Crippen molar-refractivity contribution >= 4 is 61.8 Å². The first kappa shape index (κ1) is 44.5. The highest BCUT2D eigenvalue weighted by molar-refractivity contribution is 7.90. The topological polar surface area (TPSA) is 171 Å². The molecule has 5 aromatic rings. The number of hydrogen-bond acceptors (Lipinski definition) is 10. The summed E-state index contributed by atoms with van der Waals surface area (Å²) in [6, 6.07) is 17.1. The zero-order valence-electron chi connectivity index (χ0n) is 36.8. The molecule has 67 heavy (non-hydrogen) atoms. The molecule has 0 saturated carbocycles. The van der Waals surface area contributed by atoms with Gasteiger partial charge in [-0.05, 0) is 98.2 Å². The second-order valence-electron chi connectivity index (χ2n) is 18.3. The minimum atomic E-state index is -4.36. The maximum absolute atomic E-state index is 15.8. The average Bonchev–Trinajstić information content (AvgIpc) is 4.04. The van der Waals surface area contributed by atoms with Crippen molar-refractivity contribution in [3.63, 3.8) is 0 Å². The third kappa shape index (κ3) is 8.63. The Morgan fingerprint density at radius 1 is 0.866 bits per heavy atom. The number of piperidine rings is 2. The third-order valence-electron chi connectivity index (χ3n) is 14.0. The van der Waals surface area contributed by atoms with Gasteiger partial charge in [0.05, 0.1) is 11.3 Å². The summed E-state index contributed by atoms with van der Waals surface area (Å²) in [5, 5.41) is 2.70. The number of H-pyrrole nitrogens is 1. The number of nitrogens with zero attached hydrogens (tertiary/aromatic N) is 6. The van der Waals surface area contributed by atoms with Gasteiger partial charge in [-0.1, -0.05) is 12.1 Å². The van der Waals surface area contributed by atoms with Crippen LogP contribution in [0.2, 0.25) is 0 Å². The van der Waals surface area contributed by atoms with Gasteiger partial charge in [0.25, 0.3) is 5.91 Å². The van der Waals surface area contributed by atoms with Gasteiger partial charge >= 0.3 is 10.2 Å². The summed E-state index contributed by atoms with van der Waals surface area (Å²) in [6.07, 6.45) is 4.30. The molecule has 2 aromatic heterocycles. The van der Waals surface area contributed by atoms with Crippen LogP contribution in [0.3, 0.4) is 0 Å². The molecular weight excluding hydrogens is 888 g/mol. The van der Waals surface area contributed by atoms with Crippen molar-refractivity contribution in [2.24, 2.45) is 5.92 Å². The van der Waals surface area contributed by atoms with Crippen molar-refractivity contribution in [2.75, 3.05) is 66.9 Å². The molecule has 350 valence electrons. The number of aromatic amines is 1. The number of anilines is 3. The fourth-order valence-electron chi connectivity index (χ4n) is 10.4. The number of rotatable bonds is 11. The van der Waals surface area contributed by atoms with Gasteiger partial charge in [-0.2, -0.15) is 12.7 Å². The number of ketones is 1. The van der Waals surface area contributed by atoms with Crippen LogP contribution < -0.4 is 19.8 Å². The van der Waals surface area contributed by atoms with E-state index in [1.807, 2.05) is 29.0 Å². The number of carbonyl (C=O) groups excluding carboxylic acids is 4. The molecule has 10 rings (SSSR count). The van der Waals surface area contributed by atoms with Crippen molar-refractivity contribution in [2.45, 2.75) is 63.8 Å². The number of hydrogen-bond donors (Lipinski definition) is 3. The summed E-state index contributed by atoms with van der Waals surface area (Å²) in [6.45, 7) is 7.67. The minimum Gasteiger partial charge on any atom is -0.372 e. The molecule has 1 unspecified atom stereocenters. The predicted molar refractivity (Wildman–Crippen MR) is 246 cm³/mol. The van der Waals surface area contributed by atoms with Crippen LogP contribution in [0.15, 0.2) is 73.1 Å². The van der Waals surface area contributed by atoms with Crippen molar-refractivity contribution in [1.29, 1.82) is 0 Å². The van der Waals surface area contributed by atoms with Gasteiger partial charge in [-0.15, -0.1) is 0 Å². The van der Waals surface area contributed by atoms with Gasteiger partial charge in [0.1, 0.15) is 23.7 Å². The quantitative estimate of drug-likeness (QED) is 0.112. The van der Waals surface area contributed by atoms with E-state index in [2.05, 4.69) is 55.1 Å². The van der Waals surface area contributed by atoms with E-state index in [0.717, 1.165) is 91.0 Å². The van der Waals surface area contributed by atoms with Gasteiger partial charge in [-0.3, -0.25) is 34.1 Å². The molecule has 0 spiro atoms. The normalized spacial score (nSPS) is 22.2. The number of pyridine rings is 1. The molecule has 0 aliphatic carbocycles. The number of fused-ring (bicyclic) bond motifs is 2. The molecule has 0 bridgehead atoms. The molecular formula is C48H50F3N9O6S. The highest BCUT2D eigenvalue weighted by Gasteiger charge is 2.40. The summed E-state index contributed by atoms with van der Waals surface area (Å²) in [5.41, 5.74) is 3.91. The Morgan fingerprint density at radius 2 is 1.64 bits per heavy atom. The van der Waals surface area contributed by atoms with Crippen LogP contribution in [0, 0.1) is 17.6 Å². The van der Waals surface area contributed by atoms with Crippen LogP contribution in [-0.2, 0) is 26.3 Å². The summed E-state index contributed by atoms with van der Waals surface area (Å²) in [4.78, 5) is 67.4. The third-order valence-corrected chi connectivity index (χ3v) is 15.5. The molecule has 3 atom stereocenters. The maximum atomic E-state index is 15.8. The van der Waals surface area contributed by atoms with Gasteiger partial charge in [0.15, 0.2) is 5.82 Å². The Bertz CT molecular complexity index is 2910. The van der Waals surface area contributed by atoms with Crippen LogP contribution in [0.1, 0.15) is 70.9 Å². The number of carbonyl (C=O) groups is 4. The van der Waals surface area contributed by atoms with Crippen molar-refractivity contribution < 1.29 is 40.8 Å². The van der Waals surface area contributed by atoms with E-state index in [9.17, 15) is 32.0 Å². The smallest absolute Gasteiger partial charge is 0.301 e. The molecule has 7 heterocycles. The van der Waals surface area contributed by atoms with Crippen LogP contribution in [0.5, 0.6) is 0 Å². The Labute approximate surface area is 385 Å². The fraction of sp³-hybridized carbons (Fsp3) is 0.396. The lowest BCUT2D eigenvalue weighted by Gasteiger charge is -2.43. The van der Waals surface area contributed by atoms with E-state index in [4.69, 9.17) is 0 Å². The Hall–Kier alpha value is -6.31. The number of aromatic nitrogens is 2. The van der Waals surface area contributed by atoms with Crippen LogP contribution in [0.25, 0.3) is 22.2 Å². The average molecular weight is 938 g/mol. The molecule has 3 aromatic carbocycles. The maximum Gasteiger partial charge on any atom is 0.301 e. The molecule has 15 nitrogen and oxygen atoms in total. The van der Waals surface area contributed by atoms with Crippen LogP contribution >= 0.6 is 0 Å². The lowest BCUT2D eigenvalue weighted by Crippen LogP contribution is -2.53. The molecule has 3 N–H and O–H groups in total. The largest absolute Gasteiger partial charge is 0.372 e. The highest BCUT2D eigenvalue weighted by Crippen LogP contribution is 2.35. The number of halogens is 3.